The maximum absolute atomic E-state index is 13.8. The van der Waals surface area contributed by atoms with E-state index in [1.807, 2.05) is 63.2 Å². The molecule has 8 heteroatoms. The molecular weight excluding hydrogens is 486 g/mol. The largest absolute Gasteiger partial charge is 0.355 e. The molecule has 1 unspecified atom stereocenters. The molecule has 1 atom stereocenters. The van der Waals surface area contributed by atoms with Gasteiger partial charge in [-0.3, -0.25) is 13.9 Å². The van der Waals surface area contributed by atoms with Crippen LogP contribution in [-0.4, -0.2) is 50.8 Å². The predicted octanol–water partition coefficient (Wildman–Crippen LogP) is 4.09. The van der Waals surface area contributed by atoms with Crippen molar-refractivity contribution in [3.63, 3.8) is 0 Å². The van der Waals surface area contributed by atoms with Crippen LogP contribution in [0.5, 0.6) is 0 Å². The maximum Gasteiger partial charge on any atom is 0.264 e. The number of hydrogen-bond acceptors (Lipinski definition) is 4. The van der Waals surface area contributed by atoms with E-state index in [1.165, 1.54) is 17.0 Å². The molecule has 1 N–H and O–H groups in total. The third-order valence-corrected chi connectivity index (χ3v) is 8.02. The number of rotatable bonds is 11. The first-order valence-electron chi connectivity index (χ1n) is 12.4. The van der Waals surface area contributed by atoms with Crippen molar-refractivity contribution < 1.29 is 18.0 Å². The fourth-order valence-electron chi connectivity index (χ4n) is 4.11. The van der Waals surface area contributed by atoms with E-state index >= 15 is 0 Å². The Labute approximate surface area is 220 Å². The van der Waals surface area contributed by atoms with Crippen LogP contribution < -0.4 is 9.62 Å². The van der Waals surface area contributed by atoms with Crippen molar-refractivity contribution in [1.82, 2.24) is 10.2 Å². The highest BCUT2D eigenvalue weighted by molar-refractivity contribution is 7.92. The Hall–Kier alpha value is -3.65. The van der Waals surface area contributed by atoms with Crippen LogP contribution in [0.3, 0.4) is 0 Å². The summed E-state index contributed by atoms with van der Waals surface area (Å²) in [6.45, 7) is 7.45. The van der Waals surface area contributed by atoms with Gasteiger partial charge < -0.3 is 10.2 Å². The standard InChI is InChI=1S/C29H35N3O4S/c1-5-30-29(34)24(4)31(19-18-25-12-8-6-9-13-25)28(33)21-32(27-20-22(2)16-17-23(27)3)37(35,36)26-14-10-7-11-15-26/h6-17,20,24H,5,18-19,21H2,1-4H3,(H,30,34). The Morgan fingerprint density at radius 1 is 0.919 bits per heavy atom. The SMILES string of the molecule is CCNC(=O)C(C)N(CCc1ccccc1)C(=O)CN(c1cc(C)ccc1C)S(=O)(=O)c1ccccc1. The molecule has 0 saturated carbocycles. The van der Waals surface area contributed by atoms with Crippen LogP contribution in [0.1, 0.15) is 30.5 Å². The van der Waals surface area contributed by atoms with Crippen molar-refractivity contribution in [2.75, 3.05) is 23.9 Å². The minimum absolute atomic E-state index is 0.0938. The molecule has 0 heterocycles. The van der Waals surface area contributed by atoms with E-state index in [0.29, 0.717) is 18.7 Å². The summed E-state index contributed by atoms with van der Waals surface area (Å²) in [6, 6.07) is 22.5. The summed E-state index contributed by atoms with van der Waals surface area (Å²) in [7, 11) is -4.06. The van der Waals surface area contributed by atoms with Crippen molar-refractivity contribution >= 4 is 27.5 Å². The summed E-state index contributed by atoms with van der Waals surface area (Å²) >= 11 is 0. The quantitative estimate of drug-likeness (QED) is 0.412. The number of anilines is 1. The normalized spacial score (nSPS) is 12.0. The molecule has 2 amide bonds. The molecule has 0 radical (unpaired) electrons. The molecule has 0 aromatic heterocycles. The predicted molar refractivity (Wildman–Crippen MR) is 147 cm³/mol. The van der Waals surface area contributed by atoms with Gasteiger partial charge in [-0.1, -0.05) is 60.7 Å². The van der Waals surface area contributed by atoms with Crippen LogP contribution in [0.4, 0.5) is 5.69 Å². The van der Waals surface area contributed by atoms with Crippen LogP contribution in [0.15, 0.2) is 83.8 Å². The molecule has 3 aromatic rings. The smallest absolute Gasteiger partial charge is 0.264 e. The van der Waals surface area contributed by atoms with Crippen molar-refractivity contribution in [1.29, 1.82) is 0 Å². The molecular formula is C29H35N3O4S. The second kappa shape index (κ2) is 12.5. The number of nitrogens with one attached hydrogen (secondary N) is 1. The van der Waals surface area contributed by atoms with Gasteiger partial charge in [-0.25, -0.2) is 8.42 Å². The number of carbonyl (C=O) groups excluding carboxylic acids is 2. The van der Waals surface area contributed by atoms with E-state index in [-0.39, 0.29) is 17.3 Å². The van der Waals surface area contributed by atoms with Gasteiger partial charge in [0.25, 0.3) is 10.0 Å². The number of sulfonamides is 1. The van der Waals surface area contributed by atoms with E-state index in [9.17, 15) is 18.0 Å². The third kappa shape index (κ3) is 6.98. The van der Waals surface area contributed by atoms with Crippen LogP contribution in [0, 0.1) is 13.8 Å². The van der Waals surface area contributed by atoms with Crippen molar-refractivity contribution in [3.8, 4) is 0 Å². The third-order valence-electron chi connectivity index (χ3n) is 6.25. The molecule has 0 aliphatic rings. The molecule has 0 aliphatic carbocycles. The van der Waals surface area contributed by atoms with E-state index in [4.69, 9.17) is 0 Å². The van der Waals surface area contributed by atoms with Crippen LogP contribution in [-0.2, 0) is 26.0 Å². The number of benzene rings is 3. The van der Waals surface area contributed by atoms with Gasteiger partial charge in [0.2, 0.25) is 11.8 Å². The lowest BCUT2D eigenvalue weighted by atomic mass is 10.1. The zero-order valence-corrected chi connectivity index (χ0v) is 22.7. The minimum atomic E-state index is -4.06. The molecule has 196 valence electrons. The summed E-state index contributed by atoms with van der Waals surface area (Å²) in [5.41, 5.74) is 3.06. The molecule has 0 bridgehead atoms. The Morgan fingerprint density at radius 3 is 2.16 bits per heavy atom. The van der Waals surface area contributed by atoms with Crippen LogP contribution in [0.25, 0.3) is 0 Å². The fraction of sp³-hybridized carbons (Fsp3) is 0.310. The van der Waals surface area contributed by atoms with Crippen molar-refractivity contribution in [3.05, 3.63) is 95.6 Å². The Bertz CT molecular complexity index is 1310. The molecule has 37 heavy (non-hydrogen) atoms. The van der Waals surface area contributed by atoms with Crippen molar-refractivity contribution in [2.45, 2.75) is 45.1 Å². The summed E-state index contributed by atoms with van der Waals surface area (Å²) in [6.07, 6.45) is 0.533. The second-order valence-electron chi connectivity index (χ2n) is 9.01. The van der Waals surface area contributed by atoms with E-state index in [1.54, 1.807) is 31.2 Å². The minimum Gasteiger partial charge on any atom is -0.355 e. The average Bonchev–Trinajstić information content (AvgIpc) is 2.90. The van der Waals surface area contributed by atoms with Crippen molar-refractivity contribution in [2.24, 2.45) is 0 Å². The zero-order valence-electron chi connectivity index (χ0n) is 21.8. The summed E-state index contributed by atoms with van der Waals surface area (Å²) < 4.78 is 28.8. The Kier molecular flexibility index (Phi) is 9.47. The number of aryl methyl sites for hydroxylation is 2. The molecule has 0 aliphatic heterocycles. The van der Waals surface area contributed by atoms with Gasteiger partial charge in [0.1, 0.15) is 12.6 Å². The van der Waals surface area contributed by atoms with E-state index < -0.39 is 28.5 Å². The maximum atomic E-state index is 13.8. The van der Waals surface area contributed by atoms with Gasteiger partial charge in [-0.05, 0) is 69.0 Å². The topological polar surface area (TPSA) is 86.8 Å². The molecule has 7 nitrogen and oxygen atoms in total. The highest BCUT2D eigenvalue weighted by Crippen LogP contribution is 2.28. The zero-order chi connectivity index (χ0) is 27.0. The second-order valence-corrected chi connectivity index (χ2v) is 10.9. The van der Waals surface area contributed by atoms with Gasteiger partial charge in [-0.2, -0.15) is 0 Å². The summed E-state index contributed by atoms with van der Waals surface area (Å²) in [5.74, 6) is -0.733. The first-order valence-corrected chi connectivity index (χ1v) is 13.8. The number of nitrogens with zero attached hydrogens (tertiary/aromatic N) is 2. The van der Waals surface area contributed by atoms with Gasteiger partial charge >= 0.3 is 0 Å². The molecule has 0 fully saturated rings. The lowest BCUT2D eigenvalue weighted by molar-refractivity contribution is -0.138. The van der Waals surface area contributed by atoms with E-state index in [2.05, 4.69) is 5.32 Å². The van der Waals surface area contributed by atoms with Crippen LogP contribution in [0.2, 0.25) is 0 Å². The monoisotopic (exact) mass is 521 g/mol. The fourth-order valence-corrected chi connectivity index (χ4v) is 5.60. The highest BCUT2D eigenvalue weighted by Gasteiger charge is 2.32. The molecule has 0 saturated heterocycles. The first kappa shape index (κ1) is 27.9. The summed E-state index contributed by atoms with van der Waals surface area (Å²) in [5, 5.41) is 2.77. The van der Waals surface area contributed by atoms with Gasteiger partial charge in [0, 0.05) is 13.1 Å². The molecule has 3 rings (SSSR count). The summed E-state index contributed by atoms with van der Waals surface area (Å²) in [4.78, 5) is 28.1. The molecule has 3 aromatic carbocycles. The average molecular weight is 522 g/mol. The number of amides is 2. The van der Waals surface area contributed by atoms with Gasteiger partial charge in [0.05, 0.1) is 10.6 Å². The van der Waals surface area contributed by atoms with Gasteiger partial charge in [0.15, 0.2) is 0 Å². The first-order chi connectivity index (χ1) is 17.6. The van der Waals surface area contributed by atoms with Gasteiger partial charge in [-0.15, -0.1) is 0 Å². The number of carbonyl (C=O) groups is 2. The Balaban J connectivity index is 2.00. The number of hydrogen-bond donors (Lipinski definition) is 1. The Morgan fingerprint density at radius 2 is 1.54 bits per heavy atom. The van der Waals surface area contributed by atoms with Crippen LogP contribution >= 0.6 is 0 Å². The van der Waals surface area contributed by atoms with E-state index in [0.717, 1.165) is 21.0 Å². The lowest BCUT2D eigenvalue weighted by Gasteiger charge is -2.32. The molecule has 0 spiro atoms. The number of likely N-dealkylation sites (N-methyl/N-ethyl adjacent to an activating group) is 1. The highest BCUT2D eigenvalue weighted by atomic mass is 32.2. The lowest BCUT2D eigenvalue weighted by Crippen LogP contribution is -2.52.